The van der Waals surface area contributed by atoms with E-state index < -0.39 is 11.7 Å². The molecule has 10 heteroatoms. The smallest absolute Gasteiger partial charge is 0.274 e. The van der Waals surface area contributed by atoms with Gasteiger partial charge in [0.15, 0.2) is 0 Å². The molecule has 0 atom stereocenters. The number of aromatic nitrogens is 1. The van der Waals surface area contributed by atoms with E-state index in [2.05, 4.69) is 25.5 Å². The van der Waals surface area contributed by atoms with E-state index in [0.717, 1.165) is 36.6 Å². The zero-order chi connectivity index (χ0) is 22.0. The summed E-state index contributed by atoms with van der Waals surface area (Å²) in [5.74, 6) is -1.02. The summed E-state index contributed by atoms with van der Waals surface area (Å²) in [6.07, 6.45) is 1.44. The first-order valence-corrected chi connectivity index (χ1v) is 10.6. The van der Waals surface area contributed by atoms with Gasteiger partial charge in [-0.2, -0.15) is 0 Å². The summed E-state index contributed by atoms with van der Waals surface area (Å²) in [6, 6.07) is 6.45. The molecule has 31 heavy (non-hydrogen) atoms. The molecule has 2 aromatic carbocycles. The van der Waals surface area contributed by atoms with Gasteiger partial charge in [-0.15, -0.1) is 0 Å². The first kappa shape index (κ1) is 21.0. The number of nitrogens with two attached hydrogens (primary N) is 1. The normalized spacial score (nSPS) is 14.4. The van der Waals surface area contributed by atoms with E-state index in [9.17, 15) is 9.18 Å². The van der Waals surface area contributed by atoms with Crippen LogP contribution in [0.15, 0.2) is 29.3 Å². The van der Waals surface area contributed by atoms with Gasteiger partial charge in [-0.1, -0.05) is 11.3 Å². The molecule has 0 unspecified atom stereocenters. The van der Waals surface area contributed by atoms with Crippen LogP contribution in [0.1, 0.15) is 15.9 Å². The van der Waals surface area contributed by atoms with E-state index in [1.54, 1.807) is 26.3 Å². The molecule has 2 heterocycles. The van der Waals surface area contributed by atoms with Gasteiger partial charge in [0, 0.05) is 50.7 Å². The Kier molecular flexibility index (Phi) is 6.01. The summed E-state index contributed by atoms with van der Waals surface area (Å²) >= 11 is 1.40. The second-order valence-corrected chi connectivity index (χ2v) is 7.99. The van der Waals surface area contributed by atoms with Gasteiger partial charge >= 0.3 is 0 Å². The second-order valence-electron chi connectivity index (χ2n) is 7.03. The van der Waals surface area contributed by atoms with Crippen LogP contribution in [-0.2, 0) is 0 Å². The number of methoxy groups -OCH3 is 1. The number of halogens is 1. The van der Waals surface area contributed by atoms with E-state index in [4.69, 9.17) is 10.5 Å². The van der Waals surface area contributed by atoms with E-state index in [-0.39, 0.29) is 11.4 Å². The lowest BCUT2D eigenvalue weighted by Crippen LogP contribution is -2.43. The van der Waals surface area contributed by atoms with Crippen LogP contribution in [0.4, 0.5) is 21.5 Å². The lowest BCUT2D eigenvalue weighted by Gasteiger charge is -2.29. The van der Waals surface area contributed by atoms with Gasteiger partial charge < -0.3 is 26.0 Å². The molecule has 0 radical (unpaired) electrons. The number of fused-ring (bicyclic) bond motifs is 1. The zero-order valence-electron chi connectivity index (χ0n) is 17.2. The molecule has 0 aliphatic carbocycles. The lowest BCUT2D eigenvalue weighted by atomic mass is 10.1. The number of benzene rings is 2. The third kappa shape index (κ3) is 4.17. The number of hydrogen-bond acceptors (Lipinski definition) is 8. The SMILES string of the molecule is CN=Cc1cc(NC(=O)c2ccc(N3CCNCC3)c3sc(OC)nc23)cc(F)c1N. The number of nitrogens with one attached hydrogen (secondary N) is 2. The molecule has 1 aliphatic heterocycles. The number of rotatable bonds is 5. The van der Waals surface area contributed by atoms with Crippen molar-refractivity contribution in [3.8, 4) is 5.19 Å². The maximum atomic E-state index is 14.2. The molecule has 0 bridgehead atoms. The number of anilines is 3. The number of carbonyl (C=O) groups is 1. The van der Waals surface area contributed by atoms with Gasteiger partial charge in [-0.05, 0) is 24.3 Å². The molecule has 1 aliphatic rings. The maximum Gasteiger partial charge on any atom is 0.274 e. The predicted octanol–water partition coefficient (Wildman–Crippen LogP) is 2.74. The Morgan fingerprint density at radius 1 is 1.39 bits per heavy atom. The fraction of sp³-hybridized carbons (Fsp3) is 0.286. The average Bonchev–Trinajstić information content (AvgIpc) is 3.21. The Morgan fingerprint density at radius 3 is 2.87 bits per heavy atom. The number of ether oxygens (including phenoxy) is 1. The number of thiazole rings is 1. The second kappa shape index (κ2) is 8.86. The first-order chi connectivity index (χ1) is 15.0. The lowest BCUT2D eigenvalue weighted by molar-refractivity contribution is 0.102. The Labute approximate surface area is 182 Å². The van der Waals surface area contributed by atoms with Crippen LogP contribution in [0.25, 0.3) is 10.2 Å². The quantitative estimate of drug-likeness (QED) is 0.415. The van der Waals surface area contributed by atoms with E-state index in [0.29, 0.717) is 21.8 Å². The van der Waals surface area contributed by atoms with Gasteiger partial charge in [-0.3, -0.25) is 9.79 Å². The molecule has 3 aromatic rings. The van der Waals surface area contributed by atoms with Crippen molar-refractivity contribution in [3.05, 3.63) is 41.2 Å². The summed E-state index contributed by atoms with van der Waals surface area (Å²) in [5, 5.41) is 6.56. The molecule has 0 spiro atoms. The highest BCUT2D eigenvalue weighted by molar-refractivity contribution is 7.21. The fourth-order valence-electron chi connectivity index (χ4n) is 3.55. The Morgan fingerprint density at radius 2 is 2.16 bits per heavy atom. The van der Waals surface area contributed by atoms with Crippen LogP contribution < -0.4 is 26.0 Å². The highest BCUT2D eigenvalue weighted by Crippen LogP contribution is 2.37. The summed E-state index contributed by atoms with van der Waals surface area (Å²) in [7, 11) is 3.12. The standard InChI is InChI=1S/C21H23FN6O2S/c1-24-11-12-9-13(10-15(22)17(12)23)26-20(29)14-3-4-16(28-7-5-25-6-8-28)19-18(14)27-21(30-2)31-19/h3-4,9-11,25H,5-8,23H2,1-2H3,(H,26,29). The highest BCUT2D eigenvalue weighted by Gasteiger charge is 2.22. The Bertz CT molecular complexity index is 1160. The summed E-state index contributed by atoms with van der Waals surface area (Å²) in [4.78, 5) is 23.7. The fourth-order valence-corrected chi connectivity index (χ4v) is 4.50. The minimum Gasteiger partial charge on any atom is -0.473 e. The van der Waals surface area contributed by atoms with E-state index in [1.807, 2.05) is 6.07 Å². The number of nitrogens with zero attached hydrogens (tertiary/aromatic N) is 3. The van der Waals surface area contributed by atoms with Crippen LogP contribution in [-0.4, -0.2) is 57.4 Å². The molecule has 4 N–H and O–H groups in total. The first-order valence-electron chi connectivity index (χ1n) is 9.77. The monoisotopic (exact) mass is 442 g/mol. The minimum atomic E-state index is -0.623. The van der Waals surface area contributed by atoms with Crippen molar-refractivity contribution in [3.63, 3.8) is 0 Å². The molecule has 8 nitrogen and oxygen atoms in total. The molecule has 0 saturated carbocycles. The van der Waals surface area contributed by atoms with Gasteiger partial charge in [0.2, 0.25) is 0 Å². The van der Waals surface area contributed by atoms with Crippen LogP contribution >= 0.6 is 11.3 Å². The van der Waals surface area contributed by atoms with Crippen LogP contribution in [0.3, 0.4) is 0 Å². The van der Waals surface area contributed by atoms with Crippen LogP contribution in [0.2, 0.25) is 0 Å². The van der Waals surface area contributed by atoms with Crippen molar-refractivity contribution in [2.24, 2.45) is 4.99 Å². The highest BCUT2D eigenvalue weighted by atomic mass is 32.1. The summed E-state index contributed by atoms with van der Waals surface area (Å²) in [5.41, 5.74) is 8.38. The Balaban J connectivity index is 1.71. The van der Waals surface area contributed by atoms with Crippen LogP contribution in [0, 0.1) is 5.82 Å². The largest absolute Gasteiger partial charge is 0.473 e. The third-order valence-corrected chi connectivity index (χ3v) is 6.11. The van der Waals surface area contributed by atoms with Crippen molar-refractivity contribution in [1.29, 1.82) is 0 Å². The summed E-state index contributed by atoms with van der Waals surface area (Å²) in [6.45, 7) is 3.53. The Hall–Kier alpha value is -3.24. The van der Waals surface area contributed by atoms with Crippen molar-refractivity contribution in [1.82, 2.24) is 10.3 Å². The van der Waals surface area contributed by atoms with Gasteiger partial charge in [-0.25, -0.2) is 9.37 Å². The molecular weight excluding hydrogens is 419 g/mol. The van der Waals surface area contributed by atoms with Crippen molar-refractivity contribution in [2.75, 3.05) is 56.3 Å². The number of amides is 1. The number of hydrogen-bond donors (Lipinski definition) is 3. The topological polar surface area (TPSA) is 105 Å². The average molecular weight is 443 g/mol. The molecule has 1 saturated heterocycles. The molecule has 162 valence electrons. The van der Waals surface area contributed by atoms with E-state index in [1.165, 1.54) is 23.6 Å². The van der Waals surface area contributed by atoms with E-state index >= 15 is 0 Å². The van der Waals surface area contributed by atoms with Crippen molar-refractivity contribution >= 4 is 50.7 Å². The molecule has 1 aromatic heterocycles. The molecule has 4 rings (SSSR count). The predicted molar refractivity (Wildman–Crippen MR) is 124 cm³/mol. The summed E-state index contributed by atoms with van der Waals surface area (Å²) < 4.78 is 20.4. The molecule has 1 amide bonds. The number of aliphatic imine (C=N–C) groups is 1. The number of piperazine rings is 1. The van der Waals surface area contributed by atoms with Crippen LogP contribution in [0.5, 0.6) is 5.19 Å². The molecular formula is C21H23FN6O2S. The number of nitrogen functional groups attached to an aromatic ring is 1. The molecule has 1 fully saturated rings. The van der Waals surface area contributed by atoms with Gasteiger partial charge in [0.05, 0.1) is 28.7 Å². The number of carbonyl (C=O) groups excluding carboxylic acids is 1. The third-order valence-electron chi connectivity index (χ3n) is 5.07. The van der Waals surface area contributed by atoms with Gasteiger partial charge in [0.25, 0.3) is 11.1 Å². The van der Waals surface area contributed by atoms with Crippen molar-refractivity contribution < 1.29 is 13.9 Å². The van der Waals surface area contributed by atoms with Crippen molar-refractivity contribution in [2.45, 2.75) is 0 Å². The zero-order valence-corrected chi connectivity index (χ0v) is 18.1. The maximum absolute atomic E-state index is 14.2. The minimum absolute atomic E-state index is 0.0180. The van der Waals surface area contributed by atoms with Gasteiger partial charge in [0.1, 0.15) is 11.3 Å².